The van der Waals surface area contributed by atoms with Crippen LogP contribution in [0.15, 0.2) is 48.5 Å². The molecule has 2 aliphatic rings. The quantitative estimate of drug-likeness (QED) is 0.546. The smallest absolute Gasteiger partial charge is 0.274 e. The summed E-state index contributed by atoms with van der Waals surface area (Å²) in [6.45, 7) is 5.72. The second-order valence-electron chi connectivity index (χ2n) is 10.4. The first-order chi connectivity index (χ1) is 17.6. The molecule has 3 aromatic rings. The number of H-pyrrole nitrogens is 1. The zero-order chi connectivity index (χ0) is 24.9. The van der Waals surface area contributed by atoms with Gasteiger partial charge in [0.2, 0.25) is 0 Å². The van der Waals surface area contributed by atoms with Crippen LogP contribution in [-0.2, 0) is 19.4 Å². The Morgan fingerprint density at radius 1 is 1.03 bits per heavy atom. The van der Waals surface area contributed by atoms with Crippen molar-refractivity contribution in [2.45, 2.75) is 57.9 Å². The van der Waals surface area contributed by atoms with Crippen molar-refractivity contribution in [3.8, 4) is 5.75 Å². The number of carbonyl (C=O) groups is 1. The first-order valence-corrected chi connectivity index (χ1v) is 13.4. The summed E-state index contributed by atoms with van der Waals surface area (Å²) in [6.07, 6.45) is 6.11. The van der Waals surface area contributed by atoms with Crippen molar-refractivity contribution in [2.24, 2.45) is 0 Å². The number of carbonyl (C=O) groups excluding carboxylic acids is 1. The van der Waals surface area contributed by atoms with Gasteiger partial charge in [0.05, 0.1) is 6.54 Å². The van der Waals surface area contributed by atoms with Gasteiger partial charge in [-0.3, -0.25) is 9.89 Å². The second kappa shape index (κ2) is 11.3. The van der Waals surface area contributed by atoms with Crippen LogP contribution in [0, 0.1) is 6.92 Å². The van der Waals surface area contributed by atoms with Gasteiger partial charge in [-0.2, -0.15) is 5.10 Å². The maximum absolute atomic E-state index is 13.6. The fourth-order valence-electron chi connectivity index (χ4n) is 5.68. The largest absolute Gasteiger partial charge is 0.491 e. The highest BCUT2D eigenvalue weighted by atomic mass is 16.5. The van der Waals surface area contributed by atoms with E-state index in [2.05, 4.69) is 77.6 Å². The number of rotatable bonds is 2. The lowest BCUT2D eigenvalue weighted by Gasteiger charge is -2.27. The minimum Gasteiger partial charge on any atom is -0.491 e. The van der Waals surface area contributed by atoms with E-state index in [0.29, 0.717) is 31.3 Å². The molecule has 1 amide bonds. The highest BCUT2D eigenvalue weighted by Crippen LogP contribution is 2.28. The highest BCUT2D eigenvalue weighted by Gasteiger charge is 2.27. The van der Waals surface area contributed by atoms with Crippen LogP contribution < -0.4 is 4.74 Å². The third-order valence-corrected chi connectivity index (χ3v) is 7.68. The summed E-state index contributed by atoms with van der Waals surface area (Å²) in [4.78, 5) is 18.0. The summed E-state index contributed by atoms with van der Waals surface area (Å²) in [5.74, 6) is 1.42. The summed E-state index contributed by atoms with van der Waals surface area (Å²) >= 11 is 0. The van der Waals surface area contributed by atoms with Gasteiger partial charge in [-0.1, -0.05) is 48.0 Å². The Morgan fingerprint density at radius 2 is 1.89 bits per heavy atom. The molecule has 36 heavy (non-hydrogen) atoms. The molecule has 1 aliphatic carbocycles. The third kappa shape index (κ3) is 5.65. The van der Waals surface area contributed by atoms with Crippen molar-refractivity contribution in [1.29, 1.82) is 0 Å². The van der Waals surface area contributed by atoms with Gasteiger partial charge >= 0.3 is 0 Å². The monoisotopic (exact) mass is 486 g/mol. The molecule has 190 valence electrons. The molecule has 1 atom stereocenters. The van der Waals surface area contributed by atoms with Gasteiger partial charge in [0.15, 0.2) is 5.69 Å². The molecule has 5 rings (SSSR count). The van der Waals surface area contributed by atoms with Crippen LogP contribution in [0.3, 0.4) is 0 Å². The number of nitrogens with zero attached hydrogens (tertiary/aromatic N) is 3. The van der Waals surface area contributed by atoms with Crippen LogP contribution in [0.5, 0.6) is 5.75 Å². The lowest BCUT2D eigenvalue weighted by molar-refractivity contribution is 0.0717. The van der Waals surface area contributed by atoms with Crippen molar-refractivity contribution >= 4 is 5.91 Å². The van der Waals surface area contributed by atoms with Crippen molar-refractivity contribution in [2.75, 3.05) is 33.3 Å². The molecule has 0 saturated heterocycles. The molecule has 0 spiro atoms. The lowest BCUT2D eigenvalue weighted by Crippen LogP contribution is -2.36. The van der Waals surface area contributed by atoms with Crippen LogP contribution in [0.2, 0.25) is 0 Å². The molecule has 1 aliphatic heterocycles. The van der Waals surface area contributed by atoms with Crippen LogP contribution in [0.25, 0.3) is 0 Å². The molecule has 2 heterocycles. The van der Waals surface area contributed by atoms with Crippen LogP contribution >= 0.6 is 0 Å². The minimum absolute atomic E-state index is 0.0326. The summed E-state index contributed by atoms with van der Waals surface area (Å²) in [5, 5.41) is 7.53. The second-order valence-corrected chi connectivity index (χ2v) is 10.4. The molecule has 1 aromatic heterocycles. The van der Waals surface area contributed by atoms with E-state index in [9.17, 15) is 4.79 Å². The predicted molar refractivity (Wildman–Crippen MR) is 143 cm³/mol. The molecule has 1 unspecified atom stereocenters. The van der Waals surface area contributed by atoms with Crippen molar-refractivity contribution in [1.82, 2.24) is 20.0 Å². The summed E-state index contributed by atoms with van der Waals surface area (Å²) < 4.78 is 6.27. The Kier molecular flexibility index (Phi) is 7.71. The van der Waals surface area contributed by atoms with Gasteiger partial charge in [0, 0.05) is 29.9 Å². The molecule has 6 heteroatoms. The molecule has 0 radical (unpaired) electrons. The number of amides is 1. The van der Waals surface area contributed by atoms with E-state index in [4.69, 9.17) is 4.74 Å². The van der Waals surface area contributed by atoms with Crippen LogP contribution in [0.4, 0.5) is 0 Å². The van der Waals surface area contributed by atoms with E-state index in [0.717, 1.165) is 68.6 Å². The van der Waals surface area contributed by atoms with Crippen molar-refractivity contribution < 1.29 is 9.53 Å². The third-order valence-electron chi connectivity index (χ3n) is 7.68. The van der Waals surface area contributed by atoms with Crippen molar-refractivity contribution in [3.63, 3.8) is 0 Å². The number of benzene rings is 2. The van der Waals surface area contributed by atoms with E-state index >= 15 is 0 Å². The SMILES string of the molecule is Cc1ccc2c(c1)CN(C)CCC(c1ccccc1)CCCN(C(=O)c1n[nH]c3c1CCC3)CCO2. The lowest BCUT2D eigenvalue weighted by atomic mass is 9.91. The average Bonchev–Trinajstić information content (AvgIpc) is 3.50. The molecule has 0 fully saturated rings. The standard InChI is InChI=1S/C30H38N4O2/c1-22-13-14-28-25(20-22)21-33(2)17-15-24(23-8-4-3-5-9-23)10-7-16-34(18-19-36-28)30(35)29-26-11-6-12-27(26)31-32-29/h3-5,8-9,13-14,20,24H,6-7,10-12,15-19,21H2,1-2H3,(H,31,32). The number of fused-ring (bicyclic) bond motifs is 2. The van der Waals surface area contributed by atoms with Crippen LogP contribution in [0.1, 0.15) is 70.0 Å². The first kappa shape index (κ1) is 24.6. The summed E-state index contributed by atoms with van der Waals surface area (Å²) in [6, 6.07) is 17.2. The minimum atomic E-state index is 0.0326. The maximum Gasteiger partial charge on any atom is 0.274 e. The maximum atomic E-state index is 13.6. The van der Waals surface area contributed by atoms with E-state index in [1.807, 2.05) is 4.90 Å². The average molecular weight is 487 g/mol. The Labute approximate surface area is 214 Å². The van der Waals surface area contributed by atoms with E-state index in [1.165, 1.54) is 16.7 Å². The number of hydrogen-bond acceptors (Lipinski definition) is 4. The molecular weight excluding hydrogens is 448 g/mol. The Bertz CT molecular complexity index is 1170. The van der Waals surface area contributed by atoms with Gasteiger partial charge in [-0.15, -0.1) is 0 Å². The number of ether oxygens (including phenoxy) is 1. The van der Waals surface area contributed by atoms with E-state index < -0.39 is 0 Å². The van der Waals surface area contributed by atoms with Gasteiger partial charge in [-0.05, 0) is 76.6 Å². The van der Waals surface area contributed by atoms with E-state index in [-0.39, 0.29) is 5.91 Å². The predicted octanol–water partition coefficient (Wildman–Crippen LogP) is 5.13. The number of aryl methyl sites for hydroxylation is 2. The molecule has 0 bridgehead atoms. The molecule has 0 saturated carbocycles. The molecular formula is C30H38N4O2. The number of aromatic nitrogens is 2. The number of aromatic amines is 1. The number of nitrogens with one attached hydrogen (secondary N) is 1. The van der Waals surface area contributed by atoms with Crippen molar-refractivity contribution in [3.05, 3.63) is 82.2 Å². The summed E-state index contributed by atoms with van der Waals surface area (Å²) in [5.41, 5.74) is 6.69. The Balaban J connectivity index is 1.39. The first-order valence-electron chi connectivity index (χ1n) is 13.4. The summed E-state index contributed by atoms with van der Waals surface area (Å²) in [7, 11) is 2.20. The Hall–Kier alpha value is -3.12. The number of hydrogen-bond donors (Lipinski definition) is 1. The topological polar surface area (TPSA) is 61.5 Å². The van der Waals surface area contributed by atoms with Gasteiger partial charge < -0.3 is 14.5 Å². The Morgan fingerprint density at radius 3 is 2.75 bits per heavy atom. The normalized spacial score (nSPS) is 19.7. The zero-order valence-electron chi connectivity index (χ0n) is 21.6. The zero-order valence-corrected chi connectivity index (χ0v) is 21.6. The highest BCUT2D eigenvalue weighted by molar-refractivity contribution is 5.94. The van der Waals surface area contributed by atoms with Gasteiger partial charge in [-0.25, -0.2) is 0 Å². The molecule has 2 aromatic carbocycles. The fraction of sp³-hybridized carbons (Fsp3) is 0.467. The fourth-order valence-corrected chi connectivity index (χ4v) is 5.68. The molecule has 6 nitrogen and oxygen atoms in total. The van der Waals surface area contributed by atoms with Gasteiger partial charge in [0.25, 0.3) is 5.91 Å². The molecule has 1 N–H and O–H groups in total. The van der Waals surface area contributed by atoms with E-state index in [1.54, 1.807) is 0 Å². The van der Waals surface area contributed by atoms with Crippen LogP contribution in [-0.4, -0.2) is 59.2 Å². The van der Waals surface area contributed by atoms with Gasteiger partial charge in [0.1, 0.15) is 12.4 Å².